The van der Waals surface area contributed by atoms with Crippen LogP contribution in [0.25, 0.3) is 6.08 Å². The molecule has 0 aliphatic carbocycles. The van der Waals surface area contributed by atoms with Crippen molar-refractivity contribution in [1.29, 1.82) is 0 Å². The van der Waals surface area contributed by atoms with Gasteiger partial charge in [-0.15, -0.1) is 0 Å². The number of methoxy groups -OCH3 is 3. The van der Waals surface area contributed by atoms with Gasteiger partial charge < -0.3 is 14.2 Å². The molecule has 2 rings (SSSR count). The first-order valence-corrected chi connectivity index (χ1v) is 7.21. The Labute approximate surface area is 139 Å². The first kappa shape index (κ1) is 17.5. The van der Waals surface area contributed by atoms with Gasteiger partial charge in [0.2, 0.25) is 5.75 Å². The number of rotatable bonds is 5. The van der Waals surface area contributed by atoms with Crippen LogP contribution in [0.5, 0.6) is 17.2 Å². The van der Waals surface area contributed by atoms with Crippen molar-refractivity contribution in [1.82, 2.24) is 4.90 Å². The van der Waals surface area contributed by atoms with E-state index in [0.717, 1.165) is 11.0 Å². The van der Waals surface area contributed by atoms with E-state index in [2.05, 4.69) is 0 Å². The number of hydrogen-bond donors (Lipinski definition) is 0. The largest absolute Gasteiger partial charge is 0.493 e. The molecule has 24 heavy (non-hydrogen) atoms. The molecule has 1 aliphatic rings. The fourth-order valence-corrected chi connectivity index (χ4v) is 2.31. The molecular formula is C17H18FNO5. The summed E-state index contributed by atoms with van der Waals surface area (Å²) in [5.41, 5.74) is 0.343. The minimum atomic E-state index is -1.05. The molecule has 0 spiro atoms. The molecule has 0 aromatic heterocycles. The maximum atomic E-state index is 14.3. The Hall–Kier alpha value is -2.83. The Morgan fingerprint density at radius 3 is 2.29 bits per heavy atom. The van der Waals surface area contributed by atoms with E-state index in [-0.39, 0.29) is 6.54 Å². The second-order valence-electron chi connectivity index (χ2n) is 4.94. The van der Waals surface area contributed by atoms with Crippen LogP contribution in [0.15, 0.2) is 30.1 Å². The van der Waals surface area contributed by atoms with Gasteiger partial charge in [-0.25, -0.2) is 4.39 Å². The predicted molar refractivity (Wildman–Crippen MR) is 85.7 cm³/mol. The second kappa shape index (κ2) is 7.63. The average molecular weight is 335 g/mol. The maximum Gasteiger partial charge on any atom is 0.289 e. The summed E-state index contributed by atoms with van der Waals surface area (Å²) in [5, 5.41) is 0. The monoisotopic (exact) mass is 335 g/mol. The molecule has 0 radical (unpaired) electrons. The van der Waals surface area contributed by atoms with Crippen LogP contribution in [0, 0.1) is 0 Å². The SMILES string of the molecule is COc1cc(C=C(F)C(=O)N2CCC=CC2=O)cc(OC)c1OC. The van der Waals surface area contributed by atoms with Gasteiger partial charge in [-0.1, -0.05) is 6.08 Å². The molecule has 1 aliphatic heterocycles. The highest BCUT2D eigenvalue weighted by atomic mass is 19.1. The lowest BCUT2D eigenvalue weighted by Gasteiger charge is -2.20. The topological polar surface area (TPSA) is 65.1 Å². The van der Waals surface area contributed by atoms with E-state index in [4.69, 9.17) is 14.2 Å². The number of imide groups is 1. The summed E-state index contributed by atoms with van der Waals surface area (Å²) in [6.07, 6.45) is 4.44. The Bertz CT molecular complexity index is 686. The molecule has 1 aromatic carbocycles. The van der Waals surface area contributed by atoms with Crippen LogP contribution in [0.3, 0.4) is 0 Å². The van der Waals surface area contributed by atoms with Crippen LogP contribution >= 0.6 is 0 Å². The van der Waals surface area contributed by atoms with E-state index in [9.17, 15) is 14.0 Å². The summed E-state index contributed by atoms with van der Waals surface area (Å²) < 4.78 is 29.8. The van der Waals surface area contributed by atoms with Crippen molar-refractivity contribution in [2.45, 2.75) is 6.42 Å². The lowest BCUT2D eigenvalue weighted by Crippen LogP contribution is -2.38. The Morgan fingerprint density at radius 1 is 1.17 bits per heavy atom. The zero-order chi connectivity index (χ0) is 17.7. The lowest BCUT2D eigenvalue weighted by atomic mass is 10.1. The van der Waals surface area contributed by atoms with E-state index >= 15 is 0 Å². The minimum Gasteiger partial charge on any atom is -0.493 e. The van der Waals surface area contributed by atoms with E-state index in [0.29, 0.717) is 29.2 Å². The summed E-state index contributed by atoms with van der Waals surface area (Å²) in [5.74, 6) is -1.52. The molecule has 0 atom stereocenters. The number of benzene rings is 1. The van der Waals surface area contributed by atoms with Gasteiger partial charge in [-0.3, -0.25) is 14.5 Å². The maximum absolute atomic E-state index is 14.3. The molecule has 7 heteroatoms. The Kier molecular flexibility index (Phi) is 5.57. The summed E-state index contributed by atoms with van der Waals surface area (Å²) in [6.45, 7) is 0.157. The van der Waals surface area contributed by atoms with Crippen molar-refractivity contribution < 1.29 is 28.2 Å². The number of amides is 2. The van der Waals surface area contributed by atoms with Crippen LogP contribution in [-0.2, 0) is 9.59 Å². The van der Waals surface area contributed by atoms with Gasteiger partial charge in [0.15, 0.2) is 17.3 Å². The number of ether oxygens (including phenoxy) is 3. The van der Waals surface area contributed by atoms with Gasteiger partial charge in [0, 0.05) is 6.54 Å². The van der Waals surface area contributed by atoms with Gasteiger partial charge in [0.25, 0.3) is 11.8 Å². The molecule has 0 N–H and O–H groups in total. The molecular weight excluding hydrogens is 317 g/mol. The van der Waals surface area contributed by atoms with E-state index in [1.54, 1.807) is 6.08 Å². The van der Waals surface area contributed by atoms with Crippen LogP contribution in [0.1, 0.15) is 12.0 Å². The predicted octanol–water partition coefficient (Wildman–Crippen LogP) is 2.34. The van der Waals surface area contributed by atoms with Crippen LogP contribution in [0.2, 0.25) is 0 Å². The summed E-state index contributed by atoms with van der Waals surface area (Å²) in [4.78, 5) is 24.6. The van der Waals surface area contributed by atoms with Crippen molar-refractivity contribution in [2.24, 2.45) is 0 Å². The number of carbonyl (C=O) groups excluding carboxylic acids is 2. The standard InChI is InChI=1S/C17H18FNO5/c1-22-13-9-11(10-14(23-2)16(13)24-3)8-12(18)17(21)19-7-5-4-6-15(19)20/h4,6,8-10H,5,7H2,1-3H3. The van der Waals surface area contributed by atoms with Gasteiger partial charge in [-0.05, 0) is 36.3 Å². The molecule has 0 bridgehead atoms. The number of halogens is 1. The summed E-state index contributed by atoms with van der Waals surface area (Å²) in [6, 6.07) is 3.01. The van der Waals surface area contributed by atoms with Gasteiger partial charge in [0.05, 0.1) is 21.3 Å². The molecule has 0 fully saturated rings. The van der Waals surface area contributed by atoms with E-state index < -0.39 is 17.6 Å². The zero-order valence-electron chi connectivity index (χ0n) is 13.7. The first-order chi connectivity index (χ1) is 11.5. The molecule has 0 saturated carbocycles. The minimum absolute atomic E-state index is 0.157. The highest BCUT2D eigenvalue weighted by Gasteiger charge is 2.25. The third kappa shape index (κ3) is 3.56. The van der Waals surface area contributed by atoms with Crippen LogP contribution in [-0.4, -0.2) is 44.6 Å². The van der Waals surface area contributed by atoms with Crippen LogP contribution < -0.4 is 14.2 Å². The smallest absolute Gasteiger partial charge is 0.289 e. The van der Waals surface area contributed by atoms with Crippen molar-refractivity contribution in [3.63, 3.8) is 0 Å². The highest BCUT2D eigenvalue weighted by molar-refractivity contribution is 6.08. The third-order valence-electron chi connectivity index (χ3n) is 3.48. The van der Waals surface area contributed by atoms with Crippen molar-refractivity contribution in [3.8, 4) is 17.2 Å². The Morgan fingerprint density at radius 2 is 1.79 bits per heavy atom. The fraction of sp³-hybridized carbons (Fsp3) is 0.294. The summed E-state index contributed by atoms with van der Waals surface area (Å²) in [7, 11) is 4.32. The van der Waals surface area contributed by atoms with Crippen LogP contribution in [0.4, 0.5) is 4.39 Å². The molecule has 1 aromatic rings. The molecule has 0 unspecified atom stereocenters. The molecule has 6 nitrogen and oxygen atoms in total. The average Bonchev–Trinajstić information content (AvgIpc) is 2.60. The fourth-order valence-electron chi connectivity index (χ4n) is 2.31. The van der Waals surface area contributed by atoms with Gasteiger partial charge in [0.1, 0.15) is 0 Å². The van der Waals surface area contributed by atoms with E-state index in [1.807, 2.05) is 0 Å². The molecule has 1 heterocycles. The number of hydrogen-bond acceptors (Lipinski definition) is 5. The third-order valence-corrected chi connectivity index (χ3v) is 3.48. The molecule has 2 amide bonds. The zero-order valence-corrected chi connectivity index (χ0v) is 13.7. The first-order valence-electron chi connectivity index (χ1n) is 7.21. The number of nitrogens with zero attached hydrogens (tertiary/aromatic N) is 1. The van der Waals surface area contributed by atoms with Gasteiger partial charge >= 0.3 is 0 Å². The molecule has 0 saturated heterocycles. The second-order valence-corrected chi connectivity index (χ2v) is 4.94. The lowest BCUT2D eigenvalue weighted by molar-refractivity contribution is -0.140. The van der Waals surface area contributed by atoms with Crippen molar-refractivity contribution in [2.75, 3.05) is 27.9 Å². The highest BCUT2D eigenvalue weighted by Crippen LogP contribution is 2.38. The van der Waals surface area contributed by atoms with Crippen molar-refractivity contribution in [3.05, 3.63) is 35.7 Å². The van der Waals surface area contributed by atoms with Gasteiger partial charge in [-0.2, -0.15) is 0 Å². The van der Waals surface area contributed by atoms with E-state index in [1.165, 1.54) is 39.5 Å². The normalized spacial score (nSPS) is 14.6. The number of carbonyl (C=O) groups is 2. The summed E-state index contributed by atoms with van der Waals surface area (Å²) >= 11 is 0. The quantitative estimate of drug-likeness (QED) is 0.773. The Balaban J connectivity index is 2.34. The molecule has 128 valence electrons. The van der Waals surface area contributed by atoms with Crippen molar-refractivity contribution >= 4 is 17.9 Å².